The van der Waals surface area contributed by atoms with E-state index >= 15 is 0 Å². The molecule has 0 atom stereocenters. The Bertz CT molecular complexity index is 724. The smallest absolute Gasteiger partial charge is 0.191 e. The van der Waals surface area contributed by atoms with Gasteiger partial charge in [-0.3, -0.25) is 4.99 Å². The standard InChI is InChI=1S/C20H27N3O2S.HI/c1-21-20(23-14-16-5-8-17(26-4)9-6-16)22-12-11-15-7-10-18(24-2)19(13-15)25-3;/h5-10,13H,11-12,14H2,1-4H3,(H2,21,22,23);1H. The minimum Gasteiger partial charge on any atom is -0.493 e. The Hall–Kier alpha value is -1.61. The van der Waals surface area contributed by atoms with E-state index in [1.807, 2.05) is 18.2 Å². The lowest BCUT2D eigenvalue weighted by atomic mass is 10.1. The van der Waals surface area contributed by atoms with Gasteiger partial charge in [-0.1, -0.05) is 18.2 Å². The van der Waals surface area contributed by atoms with E-state index in [-0.39, 0.29) is 24.0 Å². The summed E-state index contributed by atoms with van der Waals surface area (Å²) in [7, 11) is 5.07. The number of benzene rings is 2. The third-order valence-corrected chi connectivity index (χ3v) is 4.74. The zero-order valence-electron chi connectivity index (χ0n) is 16.2. The molecule has 0 amide bonds. The molecule has 0 spiro atoms. The number of hydrogen-bond acceptors (Lipinski definition) is 4. The monoisotopic (exact) mass is 501 g/mol. The van der Waals surface area contributed by atoms with Gasteiger partial charge in [-0.05, 0) is 48.1 Å². The van der Waals surface area contributed by atoms with E-state index in [1.165, 1.54) is 16.0 Å². The number of methoxy groups -OCH3 is 2. The first-order valence-electron chi connectivity index (χ1n) is 8.48. The second kappa shape index (κ2) is 12.7. The molecular formula is C20H28IN3O2S. The molecule has 2 aromatic carbocycles. The van der Waals surface area contributed by atoms with E-state index in [1.54, 1.807) is 33.0 Å². The summed E-state index contributed by atoms with van der Waals surface area (Å²) in [4.78, 5) is 5.54. The zero-order chi connectivity index (χ0) is 18.8. The molecular weight excluding hydrogens is 473 g/mol. The average Bonchev–Trinajstić information content (AvgIpc) is 2.70. The van der Waals surface area contributed by atoms with Crippen LogP contribution in [0, 0.1) is 0 Å². The molecule has 0 aromatic heterocycles. The lowest BCUT2D eigenvalue weighted by Gasteiger charge is -2.13. The molecule has 0 aliphatic carbocycles. The van der Waals surface area contributed by atoms with Crippen LogP contribution in [0.15, 0.2) is 52.4 Å². The molecule has 0 fully saturated rings. The highest BCUT2D eigenvalue weighted by Gasteiger charge is 2.05. The quantitative estimate of drug-likeness (QED) is 0.248. The third-order valence-electron chi connectivity index (χ3n) is 4.00. The van der Waals surface area contributed by atoms with Gasteiger partial charge in [-0.2, -0.15) is 0 Å². The molecule has 0 radical (unpaired) electrons. The van der Waals surface area contributed by atoms with Gasteiger partial charge in [0.2, 0.25) is 0 Å². The highest BCUT2D eigenvalue weighted by Crippen LogP contribution is 2.27. The number of ether oxygens (including phenoxy) is 2. The Morgan fingerprint density at radius 3 is 2.22 bits per heavy atom. The summed E-state index contributed by atoms with van der Waals surface area (Å²) in [5.74, 6) is 2.29. The summed E-state index contributed by atoms with van der Waals surface area (Å²) in [6, 6.07) is 14.5. The normalized spacial score (nSPS) is 10.7. The molecule has 5 nitrogen and oxygen atoms in total. The van der Waals surface area contributed by atoms with Crippen molar-refractivity contribution >= 4 is 41.7 Å². The van der Waals surface area contributed by atoms with Crippen molar-refractivity contribution in [3.8, 4) is 11.5 Å². The van der Waals surface area contributed by atoms with E-state index in [0.29, 0.717) is 0 Å². The van der Waals surface area contributed by atoms with Crippen molar-refractivity contribution in [2.45, 2.75) is 17.9 Å². The van der Waals surface area contributed by atoms with Gasteiger partial charge in [0.1, 0.15) is 0 Å². The molecule has 7 heteroatoms. The van der Waals surface area contributed by atoms with Crippen LogP contribution in [0.5, 0.6) is 11.5 Å². The molecule has 0 bridgehead atoms. The first-order valence-corrected chi connectivity index (χ1v) is 9.71. The van der Waals surface area contributed by atoms with Gasteiger partial charge in [-0.15, -0.1) is 35.7 Å². The van der Waals surface area contributed by atoms with Crippen molar-refractivity contribution in [1.82, 2.24) is 10.6 Å². The highest BCUT2D eigenvalue weighted by molar-refractivity contribution is 14.0. The van der Waals surface area contributed by atoms with Crippen molar-refractivity contribution in [2.24, 2.45) is 4.99 Å². The third kappa shape index (κ3) is 7.50. The van der Waals surface area contributed by atoms with Crippen LogP contribution in [0.1, 0.15) is 11.1 Å². The molecule has 2 rings (SSSR count). The van der Waals surface area contributed by atoms with E-state index in [4.69, 9.17) is 9.47 Å². The Morgan fingerprint density at radius 1 is 0.963 bits per heavy atom. The second-order valence-electron chi connectivity index (χ2n) is 5.64. The molecule has 0 saturated heterocycles. The van der Waals surface area contributed by atoms with Crippen LogP contribution < -0.4 is 20.1 Å². The van der Waals surface area contributed by atoms with Crippen LogP contribution in [0.2, 0.25) is 0 Å². The maximum absolute atomic E-state index is 5.35. The Kier molecular flexibility index (Phi) is 11.0. The molecule has 0 saturated carbocycles. The van der Waals surface area contributed by atoms with Crippen LogP contribution in [0.4, 0.5) is 0 Å². The maximum Gasteiger partial charge on any atom is 0.191 e. The predicted octanol–water partition coefficient (Wildman–Crippen LogP) is 3.95. The summed E-state index contributed by atoms with van der Waals surface area (Å²) in [5.41, 5.74) is 2.41. The van der Waals surface area contributed by atoms with E-state index < -0.39 is 0 Å². The van der Waals surface area contributed by atoms with Crippen LogP contribution in [-0.2, 0) is 13.0 Å². The first kappa shape index (κ1) is 23.4. The van der Waals surface area contributed by atoms with Crippen molar-refractivity contribution in [2.75, 3.05) is 34.1 Å². The highest BCUT2D eigenvalue weighted by atomic mass is 127. The fraction of sp³-hybridized carbons (Fsp3) is 0.350. The summed E-state index contributed by atoms with van der Waals surface area (Å²) in [5, 5.41) is 6.68. The van der Waals surface area contributed by atoms with Gasteiger partial charge >= 0.3 is 0 Å². The fourth-order valence-corrected chi connectivity index (χ4v) is 2.92. The maximum atomic E-state index is 5.35. The number of guanidine groups is 1. The van der Waals surface area contributed by atoms with Gasteiger partial charge in [0.15, 0.2) is 17.5 Å². The number of nitrogens with zero attached hydrogens (tertiary/aromatic N) is 1. The fourth-order valence-electron chi connectivity index (χ4n) is 2.51. The molecule has 27 heavy (non-hydrogen) atoms. The minimum atomic E-state index is 0. The van der Waals surface area contributed by atoms with Gasteiger partial charge in [0.05, 0.1) is 14.2 Å². The molecule has 0 heterocycles. The number of halogens is 1. The molecule has 0 aliphatic rings. The molecule has 0 unspecified atom stereocenters. The predicted molar refractivity (Wildman–Crippen MR) is 125 cm³/mol. The van der Waals surface area contributed by atoms with E-state index in [9.17, 15) is 0 Å². The zero-order valence-corrected chi connectivity index (χ0v) is 19.4. The van der Waals surface area contributed by atoms with E-state index in [0.717, 1.165) is 37.0 Å². The van der Waals surface area contributed by atoms with Crippen LogP contribution in [-0.4, -0.2) is 40.0 Å². The number of hydrogen-bond donors (Lipinski definition) is 2. The number of thioether (sulfide) groups is 1. The summed E-state index contributed by atoms with van der Waals surface area (Å²) >= 11 is 1.75. The SMILES string of the molecule is CN=C(NCCc1ccc(OC)c(OC)c1)NCc1ccc(SC)cc1.I. The Balaban J connectivity index is 0.00000364. The molecule has 2 N–H and O–H groups in total. The van der Waals surface area contributed by atoms with Gasteiger partial charge in [-0.25, -0.2) is 0 Å². The van der Waals surface area contributed by atoms with Gasteiger partial charge < -0.3 is 20.1 Å². The summed E-state index contributed by atoms with van der Waals surface area (Å²) < 4.78 is 10.6. The second-order valence-corrected chi connectivity index (χ2v) is 6.52. The van der Waals surface area contributed by atoms with Crippen molar-refractivity contribution in [3.05, 3.63) is 53.6 Å². The Morgan fingerprint density at radius 2 is 1.63 bits per heavy atom. The topological polar surface area (TPSA) is 54.9 Å². The van der Waals surface area contributed by atoms with Crippen molar-refractivity contribution in [1.29, 1.82) is 0 Å². The minimum absolute atomic E-state index is 0. The Labute approximate surface area is 183 Å². The summed E-state index contributed by atoms with van der Waals surface area (Å²) in [6.45, 7) is 1.52. The van der Waals surface area contributed by atoms with Crippen molar-refractivity contribution < 1.29 is 9.47 Å². The van der Waals surface area contributed by atoms with Crippen LogP contribution in [0.25, 0.3) is 0 Å². The largest absolute Gasteiger partial charge is 0.493 e. The van der Waals surface area contributed by atoms with Crippen LogP contribution in [0.3, 0.4) is 0 Å². The van der Waals surface area contributed by atoms with E-state index in [2.05, 4.69) is 46.1 Å². The van der Waals surface area contributed by atoms with Gasteiger partial charge in [0, 0.05) is 25.0 Å². The first-order chi connectivity index (χ1) is 12.7. The molecule has 148 valence electrons. The van der Waals surface area contributed by atoms with Gasteiger partial charge in [0.25, 0.3) is 0 Å². The number of nitrogens with one attached hydrogen (secondary N) is 2. The molecule has 0 aliphatic heterocycles. The molecule has 2 aromatic rings. The average molecular weight is 501 g/mol. The number of aliphatic imine (C=N–C) groups is 1. The number of rotatable bonds is 8. The lowest BCUT2D eigenvalue weighted by molar-refractivity contribution is 0.354. The lowest BCUT2D eigenvalue weighted by Crippen LogP contribution is -2.37. The summed E-state index contributed by atoms with van der Waals surface area (Å²) in [6.07, 6.45) is 2.95. The van der Waals surface area contributed by atoms with Crippen molar-refractivity contribution in [3.63, 3.8) is 0 Å². The van der Waals surface area contributed by atoms with Crippen LogP contribution >= 0.6 is 35.7 Å².